The molecule has 0 bridgehead atoms. The fraction of sp³-hybridized carbons (Fsp3) is 0.474. The summed E-state index contributed by atoms with van der Waals surface area (Å²) in [4.78, 5) is 26.3. The van der Waals surface area contributed by atoms with E-state index >= 15 is 0 Å². The normalized spacial score (nSPS) is 20.1. The fourth-order valence-electron chi connectivity index (χ4n) is 3.33. The molecule has 2 heterocycles. The number of carbonyl (C=O) groups excluding carboxylic acids is 1. The predicted molar refractivity (Wildman–Crippen MR) is 94.3 cm³/mol. The Labute approximate surface area is 146 Å². The van der Waals surface area contributed by atoms with E-state index in [1.165, 1.54) is 10.9 Å². The van der Waals surface area contributed by atoms with Crippen LogP contribution in [0.1, 0.15) is 36.1 Å². The molecule has 1 aliphatic rings. The highest BCUT2D eigenvalue weighted by atomic mass is 16.5. The van der Waals surface area contributed by atoms with Gasteiger partial charge in [-0.25, -0.2) is 0 Å². The maximum atomic E-state index is 12.3. The van der Waals surface area contributed by atoms with Crippen LogP contribution in [0.2, 0.25) is 0 Å². The van der Waals surface area contributed by atoms with E-state index in [9.17, 15) is 9.59 Å². The Morgan fingerprint density at radius 1 is 1.36 bits per heavy atom. The average molecular weight is 344 g/mol. The van der Waals surface area contributed by atoms with Crippen molar-refractivity contribution in [2.24, 2.45) is 5.92 Å². The van der Waals surface area contributed by atoms with Crippen LogP contribution in [-0.4, -0.2) is 34.7 Å². The second kappa shape index (κ2) is 7.27. The van der Waals surface area contributed by atoms with Crippen LogP contribution in [0.25, 0.3) is 10.9 Å². The van der Waals surface area contributed by atoms with E-state index in [1.807, 2.05) is 12.1 Å². The van der Waals surface area contributed by atoms with Crippen molar-refractivity contribution >= 4 is 22.8 Å². The maximum Gasteiger partial charge on any atom is 0.303 e. The first kappa shape index (κ1) is 17.5. The van der Waals surface area contributed by atoms with Crippen molar-refractivity contribution in [1.29, 1.82) is 0 Å². The first-order valence-electron chi connectivity index (χ1n) is 8.63. The van der Waals surface area contributed by atoms with Crippen LogP contribution in [0.5, 0.6) is 0 Å². The number of nitrogens with one attached hydrogen (secondary N) is 2. The number of aromatic nitrogens is 1. The zero-order valence-corrected chi connectivity index (χ0v) is 14.6. The molecule has 0 aliphatic carbocycles. The Bertz CT molecular complexity index is 796. The molecule has 0 saturated carbocycles. The number of ether oxygens (including phenoxy) is 1. The van der Waals surface area contributed by atoms with Crippen molar-refractivity contribution < 1.29 is 19.4 Å². The second-order valence-electron chi connectivity index (χ2n) is 6.79. The van der Waals surface area contributed by atoms with Crippen molar-refractivity contribution in [2.45, 2.75) is 45.8 Å². The smallest absolute Gasteiger partial charge is 0.303 e. The zero-order chi connectivity index (χ0) is 18.0. The minimum atomic E-state index is -0.831. The van der Waals surface area contributed by atoms with Gasteiger partial charge in [0, 0.05) is 29.6 Å². The molecule has 1 fully saturated rings. The van der Waals surface area contributed by atoms with Gasteiger partial charge in [-0.3, -0.25) is 9.59 Å². The van der Waals surface area contributed by atoms with Gasteiger partial charge in [-0.1, -0.05) is 6.07 Å². The lowest BCUT2D eigenvalue weighted by Gasteiger charge is -2.10. The third-order valence-electron chi connectivity index (χ3n) is 4.97. The first-order chi connectivity index (χ1) is 11.9. The number of carboxylic acid groups (broad SMARTS) is 1. The predicted octanol–water partition coefficient (Wildman–Crippen LogP) is 2.67. The molecule has 2 aromatic rings. The number of benzene rings is 1. The van der Waals surface area contributed by atoms with Crippen LogP contribution in [0.3, 0.4) is 0 Å². The number of fused-ring (bicyclic) bond motifs is 1. The summed E-state index contributed by atoms with van der Waals surface area (Å²) in [5.41, 5.74) is 4.56. The van der Waals surface area contributed by atoms with Gasteiger partial charge < -0.3 is 20.1 Å². The molecule has 1 aliphatic heterocycles. The highest BCUT2D eigenvalue weighted by molar-refractivity contribution is 5.85. The van der Waals surface area contributed by atoms with Crippen molar-refractivity contribution in [3.8, 4) is 0 Å². The number of hydrogen-bond donors (Lipinski definition) is 3. The molecule has 1 saturated heterocycles. The number of amides is 1. The van der Waals surface area contributed by atoms with Crippen LogP contribution in [0.4, 0.5) is 0 Å². The molecule has 3 N–H and O–H groups in total. The van der Waals surface area contributed by atoms with Crippen molar-refractivity contribution in [1.82, 2.24) is 10.3 Å². The monoisotopic (exact) mass is 344 g/mol. The van der Waals surface area contributed by atoms with E-state index in [2.05, 4.69) is 30.2 Å². The third-order valence-corrected chi connectivity index (χ3v) is 4.97. The molecule has 1 aromatic carbocycles. The third kappa shape index (κ3) is 4.02. The molecular formula is C19H24N2O4. The van der Waals surface area contributed by atoms with E-state index in [0.29, 0.717) is 26.0 Å². The van der Waals surface area contributed by atoms with Gasteiger partial charge in [0.25, 0.3) is 0 Å². The molecule has 0 radical (unpaired) electrons. The molecule has 1 amide bonds. The number of H-pyrrole nitrogens is 1. The maximum absolute atomic E-state index is 12.3. The van der Waals surface area contributed by atoms with Crippen LogP contribution in [0.15, 0.2) is 18.2 Å². The summed E-state index contributed by atoms with van der Waals surface area (Å²) < 4.78 is 5.54. The highest BCUT2D eigenvalue weighted by Gasteiger charge is 2.30. The second-order valence-corrected chi connectivity index (χ2v) is 6.79. The number of hydrogen-bond acceptors (Lipinski definition) is 3. The van der Waals surface area contributed by atoms with Crippen LogP contribution in [0, 0.1) is 19.8 Å². The van der Waals surface area contributed by atoms with E-state index in [-0.39, 0.29) is 24.3 Å². The van der Waals surface area contributed by atoms with Gasteiger partial charge >= 0.3 is 5.97 Å². The standard InChI is InChI=1S/C19H24N2O4/c1-11-12(2)21-17-5-3-13(7-16(11)17)9-20-19(24)14-8-15(25-10-14)4-6-18(22)23/h3,5,7,14-15,21H,4,6,8-10H2,1-2H3,(H,20,24)(H,22,23). The van der Waals surface area contributed by atoms with Gasteiger partial charge in [0.05, 0.1) is 18.6 Å². The van der Waals surface area contributed by atoms with Crippen LogP contribution >= 0.6 is 0 Å². The molecule has 6 heteroatoms. The summed E-state index contributed by atoms with van der Waals surface area (Å²) in [6, 6.07) is 6.16. The van der Waals surface area contributed by atoms with E-state index in [4.69, 9.17) is 9.84 Å². The van der Waals surface area contributed by atoms with Crippen molar-refractivity contribution in [3.63, 3.8) is 0 Å². The van der Waals surface area contributed by atoms with Gasteiger partial charge in [0.2, 0.25) is 5.91 Å². The lowest BCUT2D eigenvalue weighted by Crippen LogP contribution is -2.30. The summed E-state index contributed by atoms with van der Waals surface area (Å²) in [5.74, 6) is -1.05. The average Bonchev–Trinajstić information content (AvgIpc) is 3.17. The lowest BCUT2D eigenvalue weighted by molar-refractivity contribution is -0.137. The molecular weight excluding hydrogens is 320 g/mol. The summed E-state index contributed by atoms with van der Waals surface area (Å²) in [6.07, 6.45) is 0.999. The minimum Gasteiger partial charge on any atom is -0.481 e. The zero-order valence-electron chi connectivity index (χ0n) is 14.6. The Balaban J connectivity index is 1.54. The van der Waals surface area contributed by atoms with Crippen LogP contribution in [-0.2, 0) is 20.9 Å². The van der Waals surface area contributed by atoms with E-state index in [1.54, 1.807) is 0 Å². The van der Waals surface area contributed by atoms with Gasteiger partial charge in [-0.15, -0.1) is 0 Å². The SMILES string of the molecule is Cc1[nH]c2ccc(CNC(=O)C3COC(CCC(=O)O)C3)cc2c1C. The number of carbonyl (C=O) groups is 2. The molecule has 25 heavy (non-hydrogen) atoms. The van der Waals surface area contributed by atoms with Crippen LogP contribution < -0.4 is 5.32 Å². The summed E-state index contributed by atoms with van der Waals surface area (Å²) in [5, 5.41) is 12.9. The van der Waals surface area contributed by atoms with Crippen molar-refractivity contribution in [2.75, 3.05) is 6.61 Å². The topological polar surface area (TPSA) is 91.4 Å². The number of rotatable bonds is 6. The Morgan fingerprint density at radius 2 is 2.16 bits per heavy atom. The molecule has 3 rings (SSSR count). The molecule has 1 aromatic heterocycles. The minimum absolute atomic E-state index is 0.0279. The number of carboxylic acids is 1. The Hall–Kier alpha value is -2.34. The Kier molecular flexibility index (Phi) is 5.08. The lowest BCUT2D eigenvalue weighted by atomic mass is 10.0. The fourth-order valence-corrected chi connectivity index (χ4v) is 3.33. The van der Waals surface area contributed by atoms with Gasteiger partial charge in [-0.05, 0) is 49.9 Å². The number of aryl methyl sites for hydroxylation is 2. The van der Waals surface area contributed by atoms with Crippen molar-refractivity contribution in [3.05, 3.63) is 35.0 Å². The number of aromatic amines is 1. The summed E-state index contributed by atoms with van der Waals surface area (Å²) in [7, 11) is 0. The summed E-state index contributed by atoms with van der Waals surface area (Å²) in [6.45, 7) is 4.99. The quantitative estimate of drug-likeness (QED) is 0.751. The van der Waals surface area contributed by atoms with Gasteiger partial charge in [-0.2, -0.15) is 0 Å². The number of aliphatic carboxylic acids is 1. The van der Waals surface area contributed by atoms with E-state index < -0.39 is 5.97 Å². The molecule has 134 valence electrons. The highest BCUT2D eigenvalue weighted by Crippen LogP contribution is 2.24. The molecule has 2 atom stereocenters. The van der Waals surface area contributed by atoms with E-state index in [0.717, 1.165) is 16.8 Å². The molecule has 6 nitrogen and oxygen atoms in total. The Morgan fingerprint density at radius 3 is 2.92 bits per heavy atom. The largest absolute Gasteiger partial charge is 0.481 e. The van der Waals surface area contributed by atoms with Gasteiger partial charge in [0.15, 0.2) is 0 Å². The first-order valence-corrected chi connectivity index (χ1v) is 8.63. The molecule has 2 unspecified atom stereocenters. The molecule has 0 spiro atoms. The summed E-state index contributed by atoms with van der Waals surface area (Å²) >= 11 is 0. The van der Waals surface area contributed by atoms with Gasteiger partial charge in [0.1, 0.15) is 0 Å².